The van der Waals surface area contributed by atoms with Gasteiger partial charge in [0.2, 0.25) is 5.91 Å². The Bertz CT molecular complexity index is 372. The summed E-state index contributed by atoms with van der Waals surface area (Å²) in [6.07, 6.45) is 4.83. The molecule has 3 atom stereocenters. The highest BCUT2D eigenvalue weighted by Gasteiger charge is 2.56. The van der Waals surface area contributed by atoms with Crippen LogP contribution in [0, 0.1) is 17.8 Å². The maximum absolute atomic E-state index is 12.6. The molecule has 0 spiro atoms. The normalized spacial score (nSPS) is 37.6. The van der Waals surface area contributed by atoms with E-state index in [-0.39, 0.29) is 24.3 Å². The summed E-state index contributed by atoms with van der Waals surface area (Å²) in [5.74, 6) is 0.661. The lowest BCUT2D eigenvalue weighted by Gasteiger charge is -2.35. The van der Waals surface area contributed by atoms with Crippen LogP contribution in [0.2, 0.25) is 0 Å². The van der Waals surface area contributed by atoms with Crippen LogP contribution in [0.4, 0.5) is 0 Å². The summed E-state index contributed by atoms with van der Waals surface area (Å²) in [6, 6.07) is -0.276. The molecule has 106 valence electrons. The molecule has 0 bridgehead atoms. The standard InChI is InChI=1S/C14H21NO4/c16-12(17)7-9-8-19-6-5-15(9)14(18)13-10-3-1-2-4-11(10)13/h9-11,13H,1-8H2,(H,16,17). The van der Waals surface area contributed by atoms with Crippen LogP contribution < -0.4 is 0 Å². The highest BCUT2D eigenvalue weighted by atomic mass is 16.5. The van der Waals surface area contributed by atoms with Crippen LogP contribution in [0.15, 0.2) is 0 Å². The minimum Gasteiger partial charge on any atom is -0.481 e. The van der Waals surface area contributed by atoms with Crippen LogP contribution in [0.5, 0.6) is 0 Å². The van der Waals surface area contributed by atoms with Crippen LogP contribution in [-0.2, 0) is 14.3 Å². The van der Waals surface area contributed by atoms with E-state index in [1.54, 1.807) is 4.90 Å². The van der Waals surface area contributed by atoms with Crippen molar-refractivity contribution >= 4 is 11.9 Å². The number of ether oxygens (including phenoxy) is 1. The average Bonchev–Trinajstić information content (AvgIpc) is 3.12. The second-order valence-corrected chi connectivity index (χ2v) is 6.00. The molecule has 3 fully saturated rings. The van der Waals surface area contributed by atoms with Gasteiger partial charge in [-0.2, -0.15) is 0 Å². The first-order valence-electron chi connectivity index (χ1n) is 7.28. The van der Waals surface area contributed by atoms with E-state index in [0.29, 0.717) is 31.6 Å². The van der Waals surface area contributed by atoms with Crippen molar-refractivity contribution in [1.82, 2.24) is 4.90 Å². The zero-order valence-electron chi connectivity index (χ0n) is 11.1. The lowest BCUT2D eigenvalue weighted by atomic mass is 10.0. The van der Waals surface area contributed by atoms with Gasteiger partial charge in [0.25, 0.3) is 0 Å². The fourth-order valence-electron chi connectivity index (χ4n) is 3.87. The van der Waals surface area contributed by atoms with Crippen LogP contribution in [0.3, 0.4) is 0 Å². The van der Waals surface area contributed by atoms with E-state index in [9.17, 15) is 9.59 Å². The molecule has 5 heteroatoms. The quantitative estimate of drug-likeness (QED) is 0.832. The number of morpholine rings is 1. The number of carbonyl (C=O) groups is 2. The number of carboxylic acids is 1. The van der Waals surface area contributed by atoms with Gasteiger partial charge in [0, 0.05) is 12.5 Å². The van der Waals surface area contributed by atoms with Crippen LogP contribution in [0.25, 0.3) is 0 Å². The molecule has 2 aliphatic carbocycles. The highest BCUT2D eigenvalue weighted by molar-refractivity contribution is 5.83. The zero-order chi connectivity index (χ0) is 13.4. The zero-order valence-corrected chi connectivity index (χ0v) is 11.1. The van der Waals surface area contributed by atoms with Crippen molar-refractivity contribution in [3.05, 3.63) is 0 Å². The summed E-state index contributed by atoms with van der Waals surface area (Å²) in [5, 5.41) is 8.93. The van der Waals surface area contributed by atoms with Gasteiger partial charge in [-0.1, -0.05) is 12.8 Å². The Balaban J connectivity index is 1.65. The third-order valence-electron chi connectivity index (χ3n) is 4.86. The van der Waals surface area contributed by atoms with Crippen molar-refractivity contribution in [3.8, 4) is 0 Å². The minimum atomic E-state index is -0.860. The van der Waals surface area contributed by atoms with Gasteiger partial charge in [0.05, 0.1) is 25.7 Å². The molecule has 0 radical (unpaired) electrons. The molecular weight excluding hydrogens is 246 g/mol. The second-order valence-electron chi connectivity index (χ2n) is 6.00. The summed E-state index contributed by atoms with van der Waals surface area (Å²) in [5.41, 5.74) is 0. The summed E-state index contributed by atoms with van der Waals surface area (Å²) in [4.78, 5) is 25.3. The Hall–Kier alpha value is -1.10. The summed E-state index contributed by atoms with van der Waals surface area (Å²) in [6.45, 7) is 1.44. The Labute approximate surface area is 112 Å². The van der Waals surface area contributed by atoms with Crippen LogP contribution >= 0.6 is 0 Å². The topological polar surface area (TPSA) is 66.8 Å². The van der Waals surface area contributed by atoms with Crippen molar-refractivity contribution in [2.24, 2.45) is 17.8 Å². The number of amides is 1. The lowest BCUT2D eigenvalue weighted by Crippen LogP contribution is -2.50. The van der Waals surface area contributed by atoms with Crippen molar-refractivity contribution < 1.29 is 19.4 Å². The third-order valence-corrected chi connectivity index (χ3v) is 4.86. The number of nitrogens with zero attached hydrogens (tertiary/aromatic N) is 1. The SMILES string of the molecule is O=C(O)CC1COCCN1C(=O)C1C2CCCCC21. The van der Waals surface area contributed by atoms with E-state index in [1.165, 1.54) is 25.7 Å². The number of hydrogen-bond acceptors (Lipinski definition) is 3. The van der Waals surface area contributed by atoms with E-state index >= 15 is 0 Å². The lowest BCUT2D eigenvalue weighted by molar-refractivity contribution is -0.147. The van der Waals surface area contributed by atoms with Gasteiger partial charge in [0.15, 0.2) is 0 Å². The van der Waals surface area contributed by atoms with Gasteiger partial charge in [-0.25, -0.2) is 0 Å². The number of aliphatic carboxylic acids is 1. The Morgan fingerprint density at radius 2 is 1.89 bits per heavy atom. The Morgan fingerprint density at radius 3 is 2.53 bits per heavy atom. The summed E-state index contributed by atoms with van der Waals surface area (Å²) >= 11 is 0. The molecule has 1 amide bonds. The first kappa shape index (κ1) is 12.9. The molecule has 1 saturated heterocycles. The van der Waals surface area contributed by atoms with Crippen molar-refractivity contribution in [3.63, 3.8) is 0 Å². The fraction of sp³-hybridized carbons (Fsp3) is 0.857. The van der Waals surface area contributed by atoms with Crippen LogP contribution in [0.1, 0.15) is 32.1 Å². The van der Waals surface area contributed by atoms with Crippen LogP contribution in [-0.4, -0.2) is 47.7 Å². The molecule has 0 aromatic rings. The predicted octanol–water partition coefficient (Wildman–Crippen LogP) is 1.12. The molecule has 3 unspecified atom stereocenters. The number of carbonyl (C=O) groups excluding carboxylic acids is 1. The highest BCUT2D eigenvalue weighted by Crippen LogP contribution is 2.56. The molecule has 0 aromatic heterocycles. The number of carboxylic acid groups (broad SMARTS) is 1. The first-order chi connectivity index (χ1) is 9.18. The Morgan fingerprint density at radius 1 is 1.21 bits per heavy atom. The van der Waals surface area contributed by atoms with Gasteiger partial charge in [-0.05, 0) is 24.7 Å². The van der Waals surface area contributed by atoms with Crippen molar-refractivity contribution in [2.75, 3.05) is 19.8 Å². The summed E-state index contributed by atoms with van der Waals surface area (Å²) < 4.78 is 5.32. The molecule has 1 aliphatic heterocycles. The molecule has 0 aromatic carbocycles. The van der Waals surface area contributed by atoms with Crippen molar-refractivity contribution in [2.45, 2.75) is 38.1 Å². The van der Waals surface area contributed by atoms with E-state index in [4.69, 9.17) is 9.84 Å². The monoisotopic (exact) mass is 267 g/mol. The van der Waals surface area contributed by atoms with Crippen molar-refractivity contribution in [1.29, 1.82) is 0 Å². The molecule has 1 N–H and O–H groups in total. The number of rotatable bonds is 3. The van der Waals surface area contributed by atoms with Gasteiger partial charge < -0.3 is 14.7 Å². The first-order valence-corrected chi connectivity index (χ1v) is 7.28. The van der Waals surface area contributed by atoms with E-state index in [1.807, 2.05) is 0 Å². The van der Waals surface area contributed by atoms with Gasteiger partial charge in [0.1, 0.15) is 0 Å². The molecule has 5 nitrogen and oxygen atoms in total. The second kappa shape index (κ2) is 5.12. The maximum atomic E-state index is 12.6. The average molecular weight is 267 g/mol. The third kappa shape index (κ3) is 2.48. The predicted molar refractivity (Wildman–Crippen MR) is 67.5 cm³/mol. The molecule has 1 heterocycles. The maximum Gasteiger partial charge on any atom is 0.305 e. The van der Waals surface area contributed by atoms with Gasteiger partial charge in [-0.3, -0.25) is 9.59 Å². The molecule has 3 rings (SSSR count). The van der Waals surface area contributed by atoms with Gasteiger partial charge in [-0.15, -0.1) is 0 Å². The van der Waals surface area contributed by atoms with E-state index < -0.39 is 5.97 Å². The molecule has 3 aliphatic rings. The van der Waals surface area contributed by atoms with E-state index in [2.05, 4.69) is 0 Å². The largest absolute Gasteiger partial charge is 0.481 e. The smallest absolute Gasteiger partial charge is 0.305 e. The minimum absolute atomic E-state index is 0.00616. The molecular formula is C14H21NO4. The fourth-order valence-corrected chi connectivity index (χ4v) is 3.87. The number of fused-ring (bicyclic) bond motifs is 1. The summed E-state index contributed by atoms with van der Waals surface area (Å²) in [7, 11) is 0. The van der Waals surface area contributed by atoms with Gasteiger partial charge >= 0.3 is 5.97 Å². The molecule has 19 heavy (non-hydrogen) atoms. The molecule has 2 saturated carbocycles. The Kier molecular flexibility index (Phi) is 3.48. The van der Waals surface area contributed by atoms with E-state index in [0.717, 1.165) is 0 Å². The number of hydrogen-bond donors (Lipinski definition) is 1.